The maximum Gasteiger partial charge on any atom is 0.240 e. The molecular weight excluding hydrogens is 588 g/mol. The second kappa shape index (κ2) is 13.4. The molecule has 0 radical (unpaired) electrons. The van der Waals surface area contributed by atoms with Crippen molar-refractivity contribution in [2.45, 2.75) is 38.0 Å². The van der Waals surface area contributed by atoms with E-state index in [-0.39, 0.29) is 35.5 Å². The van der Waals surface area contributed by atoms with Gasteiger partial charge < -0.3 is 19.5 Å². The van der Waals surface area contributed by atoms with Crippen LogP contribution in [0.15, 0.2) is 66.7 Å². The number of nitrogens with zero attached hydrogens (tertiary/aromatic N) is 3. The molecule has 6 rings (SSSR count). The number of hydrogen-bond donors (Lipinski definition) is 1. The van der Waals surface area contributed by atoms with Gasteiger partial charge in [0.25, 0.3) is 0 Å². The largest absolute Gasteiger partial charge is 0.497 e. The van der Waals surface area contributed by atoms with Gasteiger partial charge in [0.2, 0.25) is 11.8 Å². The summed E-state index contributed by atoms with van der Waals surface area (Å²) in [5.74, 6) is 1.65. The lowest BCUT2D eigenvalue weighted by molar-refractivity contribution is -0.123. The first kappa shape index (κ1) is 30.7. The first-order valence-electron chi connectivity index (χ1n) is 15.2. The number of amides is 2. The normalized spacial score (nSPS) is 18.0. The third kappa shape index (κ3) is 6.30. The van der Waals surface area contributed by atoms with Crippen molar-refractivity contribution in [3.8, 4) is 28.4 Å². The maximum atomic E-state index is 14.1. The van der Waals surface area contributed by atoms with Crippen molar-refractivity contribution in [1.29, 1.82) is 0 Å². The second-order valence-electron chi connectivity index (χ2n) is 11.4. The number of anilines is 1. The van der Waals surface area contributed by atoms with Gasteiger partial charge in [0, 0.05) is 29.8 Å². The Morgan fingerprint density at radius 3 is 2.60 bits per heavy atom. The Bertz CT molecular complexity index is 1700. The van der Waals surface area contributed by atoms with Crippen LogP contribution >= 0.6 is 11.8 Å². The Balaban J connectivity index is 1.57. The molecule has 45 heavy (non-hydrogen) atoms. The number of thioether (sulfide) groups is 1. The summed E-state index contributed by atoms with van der Waals surface area (Å²) in [6.07, 6.45) is 1.89. The topological polar surface area (TPSA) is 94.9 Å². The molecule has 0 spiro atoms. The summed E-state index contributed by atoms with van der Waals surface area (Å²) < 4.78 is 19.0. The van der Waals surface area contributed by atoms with Crippen LogP contribution in [0.3, 0.4) is 0 Å². The summed E-state index contributed by atoms with van der Waals surface area (Å²) in [7, 11) is 3.27. The third-order valence-electron chi connectivity index (χ3n) is 8.29. The average Bonchev–Trinajstić information content (AvgIpc) is 3.69. The number of carbonyl (C=O) groups excluding carboxylic acids is 2. The molecule has 2 unspecified atom stereocenters. The van der Waals surface area contributed by atoms with Gasteiger partial charge in [-0.15, -0.1) is 11.8 Å². The fourth-order valence-corrected chi connectivity index (χ4v) is 7.27. The predicted octanol–water partition coefficient (Wildman–Crippen LogP) is 5.64. The van der Waals surface area contributed by atoms with Gasteiger partial charge in [-0.25, -0.2) is 4.68 Å². The standard InChI is InChI=1S/C35H38N4O5S/c1-22-12-14-28(23(2)17-22)39-35-32(33(37-39)24-9-6-5-7-10-24)34(27-18-25(42-3)13-15-29(27)43-4)45-21-31(41)38(35)20-30(40)36-19-26-11-8-16-44-26/h5-7,9-10,12-15,17-18,26,34H,8,11,16,19-21H2,1-4H3,(H,36,40). The van der Waals surface area contributed by atoms with E-state index in [1.54, 1.807) is 19.1 Å². The second-order valence-corrected chi connectivity index (χ2v) is 12.5. The highest BCUT2D eigenvalue weighted by Gasteiger charge is 2.39. The van der Waals surface area contributed by atoms with Crippen LogP contribution in [0.2, 0.25) is 0 Å². The summed E-state index contributed by atoms with van der Waals surface area (Å²) in [4.78, 5) is 29.2. The van der Waals surface area contributed by atoms with E-state index in [1.165, 1.54) is 11.8 Å². The highest BCUT2D eigenvalue weighted by Crippen LogP contribution is 2.51. The lowest BCUT2D eigenvalue weighted by Crippen LogP contribution is -2.44. The monoisotopic (exact) mass is 626 g/mol. The molecule has 1 N–H and O–H groups in total. The number of ether oxygens (including phenoxy) is 3. The summed E-state index contributed by atoms with van der Waals surface area (Å²) in [6.45, 7) is 5.06. The number of rotatable bonds is 9. The average molecular weight is 627 g/mol. The summed E-state index contributed by atoms with van der Waals surface area (Å²) in [5, 5.41) is 7.87. The Morgan fingerprint density at radius 1 is 1.07 bits per heavy atom. The number of benzene rings is 3. The van der Waals surface area contributed by atoms with Gasteiger partial charge in [-0.05, 0) is 56.5 Å². The van der Waals surface area contributed by atoms with Crippen LogP contribution in [0.1, 0.15) is 40.3 Å². The van der Waals surface area contributed by atoms with Crippen molar-refractivity contribution in [3.05, 3.63) is 89.0 Å². The molecule has 2 aliphatic heterocycles. The van der Waals surface area contributed by atoms with Crippen molar-refractivity contribution >= 4 is 29.4 Å². The summed E-state index contributed by atoms with van der Waals surface area (Å²) in [5.41, 5.74) is 6.28. The minimum atomic E-state index is -0.358. The number of carbonyl (C=O) groups is 2. The molecule has 1 fully saturated rings. The highest BCUT2D eigenvalue weighted by atomic mass is 32.2. The van der Waals surface area contributed by atoms with Crippen LogP contribution in [0.25, 0.3) is 16.9 Å². The molecule has 0 aliphatic carbocycles. The lowest BCUT2D eigenvalue weighted by atomic mass is 9.98. The van der Waals surface area contributed by atoms with Crippen LogP contribution in [0.4, 0.5) is 5.82 Å². The molecule has 1 saturated heterocycles. The van der Waals surface area contributed by atoms with Crippen LogP contribution in [-0.4, -0.2) is 67.4 Å². The SMILES string of the molecule is COc1ccc(OC)c(C2SCC(=O)N(CC(=O)NCC3CCCO3)c3c2c(-c2ccccc2)nn3-c2ccc(C)cc2C)c1. The zero-order valence-electron chi connectivity index (χ0n) is 26.0. The fourth-order valence-electron chi connectivity index (χ4n) is 6.06. The van der Waals surface area contributed by atoms with Gasteiger partial charge in [0.1, 0.15) is 23.9 Å². The highest BCUT2D eigenvalue weighted by molar-refractivity contribution is 8.00. The quantitative estimate of drug-likeness (QED) is 0.257. The van der Waals surface area contributed by atoms with Crippen LogP contribution in [0, 0.1) is 13.8 Å². The Hall–Kier alpha value is -4.28. The molecular formula is C35H38N4O5S. The van der Waals surface area contributed by atoms with E-state index in [0.717, 1.165) is 52.0 Å². The molecule has 3 aromatic carbocycles. The first-order valence-corrected chi connectivity index (χ1v) is 16.2. The van der Waals surface area contributed by atoms with Gasteiger partial charge in [-0.1, -0.05) is 48.0 Å². The smallest absolute Gasteiger partial charge is 0.240 e. The Kier molecular flexibility index (Phi) is 9.14. The lowest BCUT2D eigenvalue weighted by Gasteiger charge is -2.24. The van der Waals surface area contributed by atoms with E-state index in [9.17, 15) is 9.59 Å². The number of hydrogen-bond acceptors (Lipinski definition) is 7. The first-order chi connectivity index (χ1) is 21.9. The molecule has 9 nitrogen and oxygen atoms in total. The zero-order chi connectivity index (χ0) is 31.5. The van der Waals surface area contributed by atoms with Crippen LogP contribution < -0.4 is 19.7 Å². The Labute approximate surface area is 267 Å². The molecule has 4 aromatic rings. The molecule has 10 heteroatoms. The van der Waals surface area contributed by atoms with Crippen molar-refractivity contribution in [2.24, 2.45) is 0 Å². The van der Waals surface area contributed by atoms with E-state index in [0.29, 0.717) is 30.5 Å². The van der Waals surface area contributed by atoms with Gasteiger partial charge in [0.15, 0.2) is 0 Å². The van der Waals surface area contributed by atoms with E-state index in [4.69, 9.17) is 19.3 Å². The Morgan fingerprint density at radius 2 is 1.89 bits per heavy atom. The van der Waals surface area contributed by atoms with Gasteiger partial charge in [-0.3, -0.25) is 14.5 Å². The molecule has 3 heterocycles. The van der Waals surface area contributed by atoms with Gasteiger partial charge in [-0.2, -0.15) is 5.10 Å². The number of aromatic nitrogens is 2. The number of aryl methyl sites for hydroxylation is 2. The molecule has 0 saturated carbocycles. The molecule has 1 aromatic heterocycles. The van der Waals surface area contributed by atoms with Crippen molar-refractivity contribution in [1.82, 2.24) is 15.1 Å². The van der Waals surface area contributed by atoms with Crippen molar-refractivity contribution in [3.63, 3.8) is 0 Å². The predicted molar refractivity (Wildman–Crippen MR) is 177 cm³/mol. The third-order valence-corrected chi connectivity index (χ3v) is 9.53. The van der Waals surface area contributed by atoms with E-state index in [2.05, 4.69) is 11.4 Å². The summed E-state index contributed by atoms with van der Waals surface area (Å²) in [6, 6.07) is 21.8. The van der Waals surface area contributed by atoms with Crippen molar-refractivity contribution in [2.75, 3.05) is 44.6 Å². The van der Waals surface area contributed by atoms with E-state index < -0.39 is 0 Å². The van der Waals surface area contributed by atoms with E-state index >= 15 is 0 Å². The number of fused-ring (bicyclic) bond motifs is 1. The van der Waals surface area contributed by atoms with Crippen LogP contribution in [0.5, 0.6) is 11.5 Å². The molecule has 0 bridgehead atoms. The molecule has 2 amide bonds. The minimum absolute atomic E-state index is 0.00442. The van der Waals surface area contributed by atoms with Crippen molar-refractivity contribution < 1.29 is 23.8 Å². The van der Waals surface area contributed by atoms with E-state index in [1.807, 2.05) is 79.2 Å². The van der Waals surface area contributed by atoms with Gasteiger partial charge in [0.05, 0.1) is 42.7 Å². The maximum absolute atomic E-state index is 14.1. The van der Waals surface area contributed by atoms with Gasteiger partial charge >= 0.3 is 0 Å². The zero-order valence-corrected chi connectivity index (χ0v) is 26.9. The van der Waals surface area contributed by atoms with Crippen LogP contribution in [-0.2, 0) is 14.3 Å². The number of nitrogens with one attached hydrogen (secondary N) is 1. The number of methoxy groups -OCH3 is 2. The minimum Gasteiger partial charge on any atom is -0.497 e. The molecule has 2 atom stereocenters. The molecule has 234 valence electrons. The fraction of sp³-hybridized carbons (Fsp3) is 0.343. The molecule has 2 aliphatic rings. The summed E-state index contributed by atoms with van der Waals surface area (Å²) >= 11 is 1.49.